The predicted molar refractivity (Wildman–Crippen MR) is 123 cm³/mol. The van der Waals surface area contributed by atoms with Gasteiger partial charge in [0.25, 0.3) is 0 Å². The minimum absolute atomic E-state index is 0.204. The molecule has 7 nitrogen and oxygen atoms in total. The largest absolute Gasteiger partial charge is 0.357 e. The first kappa shape index (κ1) is 24.4. The fourth-order valence-corrected chi connectivity index (χ4v) is 4.20. The summed E-state index contributed by atoms with van der Waals surface area (Å²) in [6, 6.07) is 13.9. The Morgan fingerprint density at radius 3 is 2.19 bits per heavy atom. The Bertz CT molecular complexity index is 1020. The lowest BCUT2D eigenvalue weighted by Crippen LogP contribution is -2.51. The number of sulfonamides is 1. The molecule has 0 saturated heterocycles. The van der Waals surface area contributed by atoms with Crippen molar-refractivity contribution in [3.8, 4) is 0 Å². The average Bonchev–Trinajstić information content (AvgIpc) is 2.73. The number of nitrogens with zero attached hydrogens (tertiary/aromatic N) is 2. The Balaban J connectivity index is 2.42. The van der Waals surface area contributed by atoms with Gasteiger partial charge in [0.05, 0.1) is 11.9 Å². The monoisotopic (exact) mass is 445 g/mol. The fraction of sp³-hybridized carbons (Fsp3) is 0.391. The van der Waals surface area contributed by atoms with Crippen LogP contribution in [0.4, 0.5) is 5.69 Å². The van der Waals surface area contributed by atoms with Crippen molar-refractivity contribution in [2.75, 3.05) is 24.2 Å². The number of hydrogen-bond acceptors (Lipinski definition) is 4. The van der Waals surface area contributed by atoms with Gasteiger partial charge in [0.15, 0.2) is 0 Å². The first-order chi connectivity index (χ1) is 14.6. The minimum Gasteiger partial charge on any atom is -0.357 e. The highest BCUT2D eigenvalue weighted by atomic mass is 32.2. The molecule has 0 heterocycles. The van der Waals surface area contributed by atoms with Crippen LogP contribution in [0.15, 0.2) is 48.5 Å². The van der Waals surface area contributed by atoms with Gasteiger partial charge in [-0.2, -0.15) is 0 Å². The maximum atomic E-state index is 13.4. The van der Waals surface area contributed by atoms with Crippen molar-refractivity contribution in [3.63, 3.8) is 0 Å². The molecule has 2 aromatic rings. The van der Waals surface area contributed by atoms with Crippen LogP contribution in [-0.4, -0.2) is 51.0 Å². The molecule has 8 heteroatoms. The van der Waals surface area contributed by atoms with Crippen LogP contribution in [0.25, 0.3) is 0 Å². The molecule has 0 aliphatic carbocycles. The number of carbonyl (C=O) groups is 2. The molecular weight excluding hydrogens is 414 g/mol. The number of hydrogen-bond donors (Lipinski definition) is 1. The van der Waals surface area contributed by atoms with Crippen molar-refractivity contribution in [3.05, 3.63) is 65.2 Å². The van der Waals surface area contributed by atoms with E-state index in [2.05, 4.69) is 5.32 Å². The van der Waals surface area contributed by atoms with E-state index in [-0.39, 0.29) is 19.0 Å². The van der Waals surface area contributed by atoms with Gasteiger partial charge in [-0.3, -0.25) is 13.9 Å². The third-order valence-corrected chi connectivity index (χ3v) is 6.43. The summed E-state index contributed by atoms with van der Waals surface area (Å²) in [6.07, 6.45) is 1.48. The second-order valence-corrected chi connectivity index (χ2v) is 9.49. The quantitative estimate of drug-likeness (QED) is 0.643. The van der Waals surface area contributed by atoms with E-state index < -0.39 is 22.0 Å². The summed E-state index contributed by atoms with van der Waals surface area (Å²) >= 11 is 0. The number of benzene rings is 2. The molecule has 0 aliphatic heterocycles. The number of anilines is 1. The van der Waals surface area contributed by atoms with Crippen LogP contribution in [0, 0.1) is 13.8 Å². The van der Waals surface area contributed by atoms with Crippen molar-refractivity contribution in [2.45, 2.75) is 39.8 Å². The van der Waals surface area contributed by atoms with Crippen molar-refractivity contribution in [2.24, 2.45) is 0 Å². The third kappa shape index (κ3) is 6.30. The van der Waals surface area contributed by atoms with Gasteiger partial charge in [0, 0.05) is 13.6 Å². The number of amides is 2. The maximum Gasteiger partial charge on any atom is 0.244 e. The third-order valence-electron chi connectivity index (χ3n) is 5.29. The Morgan fingerprint density at radius 2 is 1.68 bits per heavy atom. The standard InChI is InChI=1S/C23H31N3O4S/c1-6-21(23(28)24-4)25(15-19-10-8-7-9-11-19)22(27)16-26(31(5,29)30)20-13-12-17(2)18(3)14-20/h7-14,21H,6,15-16H2,1-5H3,(H,24,28)/t21-/m1/s1. The smallest absolute Gasteiger partial charge is 0.244 e. The van der Waals surface area contributed by atoms with Crippen molar-refractivity contribution in [1.82, 2.24) is 10.2 Å². The van der Waals surface area contributed by atoms with Crippen molar-refractivity contribution < 1.29 is 18.0 Å². The van der Waals surface area contributed by atoms with E-state index in [9.17, 15) is 18.0 Å². The maximum absolute atomic E-state index is 13.4. The Morgan fingerprint density at radius 1 is 1.03 bits per heavy atom. The van der Waals surface area contributed by atoms with E-state index in [0.717, 1.165) is 27.3 Å². The molecule has 0 aliphatic rings. The zero-order valence-electron chi connectivity index (χ0n) is 18.8. The summed E-state index contributed by atoms with van der Waals surface area (Å²) in [5.74, 6) is -0.730. The van der Waals surface area contributed by atoms with E-state index in [1.807, 2.05) is 57.2 Å². The van der Waals surface area contributed by atoms with Crippen LogP contribution in [-0.2, 0) is 26.2 Å². The molecule has 0 radical (unpaired) electrons. The molecule has 2 aromatic carbocycles. The lowest BCUT2D eigenvalue weighted by atomic mass is 10.1. The van der Waals surface area contributed by atoms with Crippen LogP contribution in [0.1, 0.15) is 30.0 Å². The second-order valence-electron chi connectivity index (χ2n) is 7.58. The summed E-state index contributed by atoms with van der Waals surface area (Å²) in [6.45, 7) is 5.47. The molecular formula is C23H31N3O4S. The lowest BCUT2D eigenvalue weighted by molar-refractivity contribution is -0.140. The highest BCUT2D eigenvalue weighted by Gasteiger charge is 2.31. The van der Waals surface area contributed by atoms with Crippen LogP contribution in [0.2, 0.25) is 0 Å². The van der Waals surface area contributed by atoms with Gasteiger partial charge in [0.1, 0.15) is 12.6 Å². The van der Waals surface area contributed by atoms with Crippen LogP contribution < -0.4 is 9.62 Å². The van der Waals surface area contributed by atoms with E-state index in [1.165, 1.54) is 11.9 Å². The predicted octanol–water partition coefficient (Wildman–Crippen LogP) is 2.62. The summed E-state index contributed by atoms with van der Waals surface area (Å²) < 4.78 is 26.2. The van der Waals surface area contributed by atoms with Gasteiger partial charge in [-0.05, 0) is 49.1 Å². The molecule has 1 N–H and O–H groups in total. The molecule has 2 amide bonds. The molecule has 0 aromatic heterocycles. The SMILES string of the molecule is CC[C@H](C(=O)NC)N(Cc1ccccc1)C(=O)CN(c1ccc(C)c(C)c1)S(C)(=O)=O. The van der Waals surface area contributed by atoms with Crippen molar-refractivity contribution in [1.29, 1.82) is 0 Å². The van der Waals surface area contributed by atoms with Gasteiger partial charge in [-0.15, -0.1) is 0 Å². The molecule has 2 rings (SSSR count). The molecule has 0 unspecified atom stereocenters. The highest BCUT2D eigenvalue weighted by molar-refractivity contribution is 7.92. The molecule has 31 heavy (non-hydrogen) atoms. The number of nitrogens with one attached hydrogen (secondary N) is 1. The van der Waals surface area contributed by atoms with E-state index >= 15 is 0 Å². The number of likely N-dealkylation sites (N-methyl/N-ethyl adjacent to an activating group) is 1. The van der Waals surface area contributed by atoms with Gasteiger partial charge < -0.3 is 10.2 Å². The van der Waals surface area contributed by atoms with Crippen LogP contribution in [0.5, 0.6) is 0 Å². The van der Waals surface area contributed by atoms with E-state index in [1.54, 1.807) is 12.1 Å². The number of carbonyl (C=O) groups excluding carboxylic acids is 2. The summed E-state index contributed by atoms with van der Waals surface area (Å²) in [7, 11) is -2.20. The van der Waals surface area contributed by atoms with E-state index in [0.29, 0.717) is 12.1 Å². The normalized spacial score (nSPS) is 12.2. The van der Waals surface area contributed by atoms with Gasteiger partial charge in [-0.25, -0.2) is 8.42 Å². The topological polar surface area (TPSA) is 86.8 Å². The summed E-state index contributed by atoms with van der Waals surface area (Å²) in [5, 5.41) is 2.60. The molecule has 1 atom stereocenters. The van der Waals surface area contributed by atoms with E-state index in [4.69, 9.17) is 0 Å². The van der Waals surface area contributed by atoms with Crippen molar-refractivity contribution >= 4 is 27.5 Å². The molecule has 168 valence electrons. The van der Waals surface area contributed by atoms with Gasteiger partial charge >= 0.3 is 0 Å². The highest BCUT2D eigenvalue weighted by Crippen LogP contribution is 2.22. The summed E-state index contributed by atoms with van der Waals surface area (Å²) in [5.41, 5.74) is 3.23. The zero-order valence-corrected chi connectivity index (χ0v) is 19.6. The Labute approximate surface area is 185 Å². The summed E-state index contributed by atoms with van der Waals surface area (Å²) in [4.78, 5) is 27.3. The molecule has 0 saturated carbocycles. The van der Waals surface area contributed by atoms with Gasteiger partial charge in [-0.1, -0.05) is 43.3 Å². The van der Waals surface area contributed by atoms with Crippen LogP contribution >= 0.6 is 0 Å². The lowest BCUT2D eigenvalue weighted by Gasteiger charge is -2.32. The first-order valence-corrected chi connectivity index (χ1v) is 12.0. The first-order valence-electron chi connectivity index (χ1n) is 10.2. The van der Waals surface area contributed by atoms with Crippen LogP contribution in [0.3, 0.4) is 0 Å². The zero-order chi connectivity index (χ0) is 23.2. The fourth-order valence-electron chi connectivity index (χ4n) is 3.36. The second kappa shape index (κ2) is 10.4. The number of rotatable bonds is 9. The molecule has 0 spiro atoms. The molecule has 0 bridgehead atoms. The minimum atomic E-state index is -3.72. The number of aryl methyl sites for hydroxylation is 2. The molecule has 0 fully saturated rings. The Kier molecular flexibility index (Phi) is 8.21. The Hall–Kier alpha value is -2.87. The van der Waals surface area contributed by atoms with Gasteiger partial charge in [0.2, 0.25) is 21.8 Å². The average molecular weight is 446 g/mol.